The topological polar surface area (TPSA) is 35.0 Å². The second kappa shape index (κ2) is 6.40. The van der Waals surface area contributed by atoms with Crippen molar-refractivity contribution in [1.82, 2.24) is 9.97 Å². The second-order valence-electron chi connectivity index (χ2n) is 2.62. The molecule has 0 atom stereocenters. The molecule has 0 amide bonds. The maximum Gasteiger partial charge on any atom is 0.316 e. The number of ether oxygens (including phenoxy) is 1. The molecule has 0 unspecified atom stereocenters. The van der Waals surface area contributed by atoms with Gasteiger partial charge in [0.05, 0.1) is 12.8 Å². The number of nitrogens with zero attached hydrogens (tertiary/aromatic N) is 2. The van der Waals surface area contributed by atoms with Crippen LogP contribution in [0.3, 0.4) is 0 Å². The SMILES string of the molecule is CC.COc1nccc(C(C)C)n1. The van der Waals surface area contributed by atoms with Gasteiger partial charge in [-0.05, 0) is 12.0 Å². The standard InChI is InChI=1S/C8H12N2O.C2H6/c1-6(2)7-4-5-9-8(10-7)11-3;1-2/h4-6H,1-3H3;1-2H3. The minimum Gasteiger partial charge on any atom is -0.467 e. The molecule has 3 nitrogen and oxygen atoms in total. The highest BCUT2D eigenvalue weighted by atomic mass is 16.5. The first-order valence-electron chi connectivity index (χ1n) is 4.61. The molecular weight excluding hydrogens is 164 g/mol. The molecule has 0 aliphatic carbocycles. The van der Waals surface area contributed by atoms with Crippen molar-refractivity contribution < 1.29 is 4.74 Å². The summed E-state index contributed by atoms with van der Waals surface area (Å²) in [5.41, 5.74) is 1.01. The molecule has 13 heavy (non-hydrogen) atoms. The first-order chi connectivity index (χ1) is 6.24. The number of hydrogen-bond acceptors (Lipinski definition) is 3. The summed E-state index contributed by atoms with van der Waals surface area (Å²) in [6.45, 7) is 8.17. The number of aromatic nitrogens is 2. The Labute approximate surface area is 80.2 Å². The molecule has 3 heteroatoms. The summed E-state index contributed by atoms with van der Waals surface area (Å²) >= 11 is 0. The molecule has 0 fully saturated rings. The Morgan fingerprint density at radius 2 is 1.92 bits per heavy atom. The van der Waals surface area contributed by atoms with Gasteiger partial charge < -0.3 is 4.74 Å². The van der Waals surface area contributed by atoms with Crippen molar-refractivity contribution in [2.75, 3.05) is 7.11 Å². The summed E-state index contributed by atoms with van der Waals surface area (Å²) in [5.74, 6) is 0.423. The van der Waals surface area contributed by atoms with E-state index < -0.39 is 0 Å². The lowest BCUT2D eigenvalue weighted by molar-refractivity contribution is 0.377. The summed E-state index contributed by atoms with van der Waals surface area (Å²) in [4.78, 5) is 8.06. The molecule has 0 aliphatic rings. The fourth-order valence-corrected chi connectivity index (χ4v) is 0.774. The Morgan fingerprint density at radius 3 is 2.38 bits per heavy atom. The largest absolute Gasteiger partial charge is 0.467 e. The number of hydrogen-bond donors (Lipinski definition) is 0. The lowest BCUT2D eigenvalue weighted by atomic mass is 10.1. The number of rotatable bonds is 2. The maximum atomic E-state index is 4.88. The second-order valence-corrected chi connectivity index (χ2v) is 2.62. The molecule has 1 rings (SSSR count). The minimum absolute atomic E-state index is 0.423. The molecule has 0 saturated heterocycles. The average Bonchev–Trinajstić information content (AvgIpc) is 2.21. The molecule has 1 aromatic rings. The molecule has 0 aromatic carbocycles. The fourth-order valence-electron chi connectivity index (χ4n) is 0.774. The highest BCUT2D eigenvalue weighted by Gasteiger charge is 2.01. The molecule has 74 valence electrons. The van der Waals surface area contributed by atoms with Gasteiger partial charge in [-0.15, -0.1) is 0 Å². The van der Waals surface area contributed by atoms with Crippen LogP contribution in [-0.2, 0) is 0 Å². The summed E-state index contributed by atoms with van der Waals surface area (Å²) < 4.78 is 4.88. The Morgan fingerprint density at radius 1 is 1.31 bits per heavy atom. The van der Waals surface area contributed by atoms with Crippen LogP contribution >= 0.6 is 0 Å². The third-order valence-corrected chi connectivity index (χ3v) is 1.43. The maximum absolute atomic E-state index is 4.88. The van der Waals surface area contributed by atoms with Crippen LogP contribution < -0.4 is 4.74 Å². The van der Waals surface area contributed by atoms with Gasteiger partial charge in [-0.1, -0.05) is 27.7 Å². The zero-order chi connectivity index (χ0) is 10.3. The van der Waals surface area contributed by atoms with Gasteiger partial charge in [0.1, 0.15) is 0 Å². The van der Waals surface area contributed by atoms with E-state index in [9.17, 15) is 0 Å². The van der Waals surface area contributed by atoms with Crippen LogP contribution in [0, 0.1) is 0 Å². The molecular formula is C10H18N2O. The lowest BCUT2D eigenvalue weighted by Crippen LogP contribution is -1.97. The first-order valence-corrected chi connectivity index (χ1v) is 4.61. The van der Waals surface area contributed by atoms with E-state index in [1.807, 2.05) is 19.9 Å². The molecule has 0 saturated carbocycles. The molecule has 0 aliphatic heterocycles. The quantitative estimate of drug-likeness (QED) is 0.705. The van der Waals surface area contributed by atoms with Crippen molar-refractivity contribution in [3.8, 4) is 6.01 Å². The van der Waals surface area contributed by atoms with Gasteiger partial charge >= 0.3 is 6.01 Å². The third-order valence-electron chi connectivity index (χ3n) is 1.43. The first kappa shape index (κ1) is 11.9. The minimum atomic E-state index is 0.423. The Balaban J connectivity index is 0.000000671. The molecule has 0 bridgehead atoms. The van der Waals surface area contributed by atoms with Gasteiger partial charge in [0, 0.05) is 6.20 Å². The van der Waals surface area contributed by atoms with Crippen LogP contribution in [0.5, 0.6) is 6.01 Å². The summed E-state index contributed by atoms with van der Waals surface area (Å²) in [5, 5.41) is 0. The Kier molecular flexibility index (Phi) is 5.85. The van der Waals surface area contributed by atoms with E-state index in [0.29, 0.717) is 11.9 Å². The van der Waals surface area contributed by atoms with Crippen LogP contribution in [0.15, 0.2) is 12.3 Å². The predicted octanol–water partition coefficient (Wildman–Crippen LogP) is 2.63. The summed E-state index contributed by atoms with van der Waals surface area (Å²) in [6, 6.07) is 2.34. The lowest BCUT2D eigenvalue weighted by Gasteiger charge is -2.03. The van der Waals surface area contributed by atoms with Gasteiger partial charge in [0.15, 0.2) is 0 Å². The van der Waals surface area contributed by atoms with E-state index >= 15 is 0 Å². The van der Waals surface area contributed by atoms with Crippen LogP contribution in [0.1, 0.15) is 39.3 Å². The van der Waals surface area contributed by atoms with Crippen molar-refractivity contribution in [3.05, 3.63) is 18.0 Å². The van der Waals surface area contributed by atoms with Gasteiger partial charge in [-0.25, -0.2) is 9.97 Å². The summed E-state index contributed by atoms with van der Waals surface area (Å²) in [6.07, 6.45) is 1.71. The molecule has 0 radical (unpaired) electrons. The Hall–Kier alpha value is -1.12. The van der Waals surface area contributed by atoms with Gasteiger partial charge in [0.2, 0.25) is 0 Å². The van der Waals surface area contributed by atoms with Crippen LogP contribution in [0.2, 0.25) is 0 Å². The highest BCUT2D eigenvalue weighted by Crippen LogP contribution is 2.12. The average molecular weight is 182 g/mol. The van der Waals surface area contributed by atoms with Crippen molar-refractivity contribution in [2.24, 2.45) is 0 Å². The monoisotopic (exact) mass is 182 g/mol. The third kappa shape index (κ3) is 3.87. The van der Waals surface area contributed by atoms with Crippen molar-refractivity contribution in [3.63, 3.8) is 0 Å². The Bertz CT molecular complexity index is 236. The molecule has 0 N–H and O–H groups in total. The fraction of sp³-hybridized carbons (Fsp3) is 0.600. The van der Waals surface area contributed by atoms with Crippen LogP contribution in [0.4, 0.5) is 0 Å². The molecule has 0 spiro atoms. The normalized spacial score (nSPS) is 9.08. The van der Waals surface area contributed by atoms with Gasteiger partial charge in [-0.3, -0.25) is 0 Å². The zero-order valence-corrected chi connectivity index (χ0v) is 9.03. The predicted molar refractivity (Wildman–Crippen MR) is 54.0 cm³/mol. The molecule has 1 heterocycles. The van der Waals surface area contributed by atoms with E-state index in [1.165, 1.54) is 0 Å². The van der Waals surface area contributed by atoms with Crippen LogP contribution in [-0.4, -0.2) is 17.1 Å². The van der Waals surface area contributed by atoms with Crippen molar-refractivity contribution in [1.29, 1.82) is 0 Å². The van der Waals surface area contributed by atoms with E-state index in [2.05, 4.69) is 23.8 Å². The van der Waals surface area contributed by atoms with E-state index in [1.54, 1.807) is 13.3 Å². The number of methoxy groups -OCH3 is 1. The van der Waals surface area contributed by atoms with Crippen molar-refractivity contribution in [2.45, 2.75) is 33.6 Å². The molecule has 1 aromatic heterocycles. The van der Waals surface area contributed by atoms with E-state index in [0.717, 1.165) is 5.69 Å². The van der Waals surface area contributed by atoms with E-state index in [-0.39, 0.29) is 0 Å². The summed E-state index contributed by atoms with van der Waals surface area (Å²) in [7, 11) is 1.57. The van der Waals surface area contributed by atoms with Gasteiger partial charge in [0.25, 0.3) is 0 Å². The zero-order valence-electron chi connectivity index (χ0n) is 9.03. The van der Waals surface area contributed by atoms with Crippen molar-refractivity contribution >= 4 is 0 Å². The highest BCUT2D eigenvalue weighted by molar-refractivity contribution is 5.08. The van der Waals surface area contributed by atoms with Gasteiger partial charge in [-0.2, -0.15) is 0 Å². The van der Waals surface area contributed by atoms with Crippen LogP contribution in [0.25, 0.3) is 0 Å². The van der Waals surface area contributed by atoms with E-state index in [4.69, 9.17) is 4.74 Å². The smallest absolute Gasteiger partial charge is 0.316 e.